The zero-order valence-corrected chi connectivity index (χ0v) is 11.7. The minimum Gasteiger partial charge on any atom is -0.444 e. The molecule has 1 unspecified atom stereocenters. The van der Waals surface area contributed by atoms with Crippen molar-refractivity contribution in [1.82, 2.24) is 9.47 Å². The molecule has 0 radical (unpaired) electrons. The van der Waals surface area contributed by atoms with Crippen LogP contribution in [0.15, 0.2) is 36.7 Å². The fourth-order valence-electron chi connectivity index (χ4n) is 2.83. The van der Waals surface area contributed by atoms with Crippen molar-refractivity contribution in [3.63, 3.8) is 0 Å². The maximum Gasteiger partial charge on any atom is 0.228 e. The number of aryl methyl sites for hydroxylation is 2. The number of hydrogen-bond donors (Lipinski definition) is 0. The fourth-order valence-corrected chi connectivity index (χ4v) is 2.83. The van der Waals surface area contributed by atoms with Gasteiger partial charge in [0.15, 0.2) is 5.69 Å². The molecule has 0 bridgehead atoms. The lowest BCUT2D eigenvalue weighted by Crippen LogP contribution is -2.50. The molecular weight excluding hydrogens is 236 g/mol. The third-order valence-corrected chi connectivity index (χ3v) is 3.78. The number of hydrogen-bond acceptors (Lipinski definition) is 2. The summed E-state index contributed by atoms with van der Waals surface area (Å²) >= 11 is 0. The molecule has 0 aliphatic carbocycles. The molecule has 1 aliphatic heterocycles. The largest absolute Gasteiger partial charge is 0.444 e. The zero-order chi connectivity index (χ0) is 13.5. The van der Waals surface area contributed by atoms with Crippen molar-refractivity contribution in [2.75, 3.05) is 13.8 Å². The topological polar surface area (TPSA) is 22.1 Å². The number of aromatic nitrogens is 1. The molecule has 3 rings (SSSR count). The molecule has 3 heteroatoms. The molecule has 19 heavy (non-hydrogen) atoms. The molecule has 0 amide bonds. The van der Waals surface area contributed by atoms with Crippen LogP contribution in [-0.4, -0.2) is 18.8 Å². The molecule has 0 saturated heterocycles. The maximum absolute atomic E-state index is 6.02. The number of pyridine rings is 1. The molecule has 2 aromatic rings. The van der Waals surface area contributed by atoms with Gasteiger partial charge in [0.1, 0.15) is 12.3 Å². The first-order valence-corrected chi connectivity index (χ1v) is 6.56. The van der Waals surface area contributed by atoms with E-state index < -0.39 is 0 Å². The average Bonchev–Trinajstić information content (AvgIpc) is 2.39. The Kier molecular flexibility index (Phi) is 2.79. The Labute approximate surface area is 114 Å². The van der Waals surface area contributed by atoms with E-state index in [0.717, 1.165) is 16.8 Å². The van der Waals surface area contributed by atoms with Gasteiger partial charge >= 0.3 is 0 Å². The van der Waals surface area contributed by atoms with Crippen molar-refractivity contribution in [3.05, 3.63) is 53.3 Å². The smallest absolute Gasteiger partial charge is 0.228 e. The van der Waals surface area contributed by atoms with Crippen LogP contribution in [0.3, 0.4) is 0 Å². The van der Waals surface area contributed by atoms with Crippen LogP contribution in [0.4, 0.5) is 5.69 Å². The SMILES string of the molecule is Cc1cc(C)c2c(c1)C[N+](C)(c1cccnc1)CO2. The highest BCUT2D eigenvalue weighted by atomic mass is 16.5. The van der Waals surface area contributed by atoms with Gasteiger partial charge in [-0.1, -0.05) is 11.6 Å². The van der Waals surface area contributed by atoms with Crippen molar-refractivity contribution < 1.29 is 4.74 Å². The molecule has 0 saturated carbocycles. The van der Waals surface area contributed by atoms with Crippen molar-refractivity contribution in [1.29, 1.82) is 0 Å². The predicted octanol–water partition coefficient (Wildman–Crippen LogP) is 3.19. The molecule has 1 aromatic carbocycles. The molecule has 98 valence electrons. The van der Waals surface area contributed by atoms with Crippen LogP contribution in [0.5, 0.6) is 5.75 Å². The zero-order valence-electron chi connectivity index (χ0n) is 11.7. The van der Waals surface area contributed by atoms with Crippen LogP contribution in [0, 0.1) is 13.8 Å². The second-order valence-corrected chi connectivity index (χ2v) is 5.61. The number of ether oxygens (including phenoxy) is 1. The Morgan fingerprint density at radius 1 is 1.26 bits per heavy atom. The van der Waals surface area contributed by atoms with E-state index >= 15 is 0 Å². The first kappa shape index (κ1) is 12.2. The summed E-state index contributed by atoms with van der Waals surface area (Å²) in [5, 5.41) is 0. The lowest BCUT2D eigenvalue weighted by molar-refractivity contribution is 0.123. The van der Waals surface area contributed by atoms with Gasteiger partial charge in [-0.15, -0.1) is 0 Å². The van der Waals surface area contributed by atoms with E-state index in [9.17, 15) is 0 Å². The first-order valence-electron chi connectivity index (χ1n) is 6.56. The number of benzene rings is 1. The molecule has 1 aromatic heterocycles. The van der Waals surface area contributed by atoms with Crippen LogP contribution in [0.2, 0.25) is 0 Å². The van der Waals surface area contributed by atoms with E-state index in [1.807, 2.05) is 18.5 Å². The highest BCUT2D eigenvalue weighted by Crippen LogP contribution is 2.35. The predicted molar refractivity (Wildman–Crippen MR) is 77.1 cm³/mol. The van der Waals surface area contributed by atoms with Crippen LogP contribution >= 0.6 is 0 Å². The van der Waals surface area contributed by atoms with Crippen LogP contribution in [-0.2, 0) is 6.54 Å². The second kappa shape index (κ2) is 4.35. The molecule has 1 atom stereocenters. The minimum atomic E-state index is 0.655. The van der Waals surface area contributed by atoms with E-state index in [0.29, 0.717) is 6.73 Å². The van der Waals surface area contributed by atoms with Gasteiger partial charge in [-0.05, 0) is 31.5 Å². The normalized spacial score (nSPS) is 21.6. The fraction of sp³-hybridized carbons (Fsp3) is 0.312. The Morgan fingerprint density at radius 3 is 2.84 bits per heavy atom. The Bertz CT molecular complexity index is 610. The molecule has 0 N–H and O–H groups in total. The van der Waals surface area contributed by atoms with Gasteiger partial charge in [0.2, 0.25) is 6.73 Å². The molecule has 2 heterocycles. The number of quaternary nitrogens is 1. The van der Waals surface area contributed by atoms with Crippen molar-refractivity contribution in [2.45, 2.75) is 20.4 Å². The summed E-state index contributed by atoms with van der Waals surface area (Å²) in [6, 6.07) is 8.51. The highest BCUT2D eigenvalue weighted by molar-refractivity contribution is 5.49. The Balaban J connectivity index is 2.02. The van der Waals surface area contributed by atoms with E-state index in [-0.39, 0.29) is 0 Å². The average molecular weight is 255 g/mol. The summed E-state index contributed by atoms with van der Waals surface area (Å²) in [6.45, 7) is 5.86. The standard InChI is InChI=1S/C16H19N2O/c1-12-7-13(2)16-14(8-12)10-18(3,11-19-16)15-5-4-6-17-9-15/h4-9H,10-11H2,1-3H3/q+1. The maximum atomic E-state index is 6.02. The molecule has 0 spiro atoms. The number of fused-ring (bicyclic) bond motifs is 1. The van der Waals surface area contributed by atoms with Gasteiger partial charge in [0.25, 0.3) is 0 Å². The Morgan fingerprint density at radius 2 is 2.11 bits per heavy atom. The summed E-state index contributed by atoms with van der Waals surface area (Å²) in [5.41, 5.74) is 4.99. The van der Waals surface area contributed by atoms with E-state index in [1.165, 1.54) is 22.4 Å². The quantitative estimate of drug-likeness (QED) is 0.730. The van der Waals surface area contributed by atoms with Crippen molar-refractivity contribution >= 4 is 5.69 Å². The first-order chi connectivity index (χ1) is 9.08. The number of rotatable bonds is 1. The minimum absolute atomic E-state index is 0.655. The second-order valence-electron chi connectivity index (χ2n) is 5.61. The number of nitrogens with zero attached hydrogens (tertiary/aromatic N) is 2. The van der Waals surface area contributed by atoms with Crippen molar-refractivity contribution in [3.8, 4) is 5.75 Å². The lowest BCUT2D eigenvalue weighted by atomic mass is 10.0. The molecule has 3 nitrogen and oxygen atoms in total. The third-order valence-electron chi connectivity index (χ3n) is 3.78. The third kappa shape index (κ3) is 2.10. The summed E-state index contributed by atoms with van der Waals surface area (Å²) in [6.07, 6.45) is 3.74. The highest BCUT2D eigenvalue weighted by Gasteiger charge is 2.33. The summed E-state index contributed by atoms with van der Waals surface area (Å²) in [5.74, 6) is 1.06. The summed E-state index contributed by atoms with van der Waals surface area (Å²) in [7, 11) is 2.19. The van der Waals surface area contributed by atoms with Crippen LogP contribution in [0.1, 0.15) is 16.7 Å². The Hall–Kier alpha value is -1.87. The van der Waals surface area contributed by atoms with Crippen molar-refractivity contribution in [2.24, 2.45) is 0 Å². The van der Waals surface area contributed by atoms with E-state index in [2.05, 4.69) is 44.1 Å². The van der Waals surface area contributed by atoms with Gasteiger partial charge in [-0.3, -0.25) is 9.47 Å². The van der Waals surface area contributed by atoms with E-state index in [1.54, 1.807) is 0 Å². The van der Waals surface area contributed by atoms with Gasteiger partial charge in [-0.25, -0.2) is 0 Å². The van der Waals surface area contributed by atoms with Crippen LogP contribution in [0.25, 0.3) is 0 Å². The van der Waals surface area contributed by atoms with Gasteiger partial charge in [-0.2, -0.15) is 0 Å². The monoisotopic (exact) mass is 255 g/mol. The van der Waals surface area contributed by atoms with Gasteiger partial charge in [0, 0.05) is 17.8 Å². The summed E-state index contributed by atoms with van der Waals surface area (Å²) < 4.78 is 6.76. The molecule has 1 aliphatic rings. The molecule has 0 fully saturated rings. The lowest BCUT2D eigenvalue weighted by Gasteiger charge is -2.37. The molecular formula is C16H19N2O+. The van der Waals surface area contributed by atoms with E-state index in [4.69, 9.17) is 4.74 Å². The van der Waals surface area contributed by atoms with Gasteiger partial charge in [0.05, 0.1) is 13.2 Å². The summed E-state index contributed by atoms with van der Waals surface area (Å²) in [4.78, 5) is 4.22. The van der Waals surface area contributed by atoms with Gasteiger partial charge < -0.3 is 4.74 Å². The van der Waals surface area contributed by atoms with Crippen LogP contribution < -0.4 is 9.22 Å².